The van der Waals surface area contributed by atoms with Crippen molar-refractivity contribution >= 4 is 12.8 Å². The SMILES string of the molecule is C=CCOOCCN([C-]=O)CCOOCC=C.C=CN([C-]=O)C=C.[Rf]. The average molecular weight is 607 g/mol. The maximum atomic E-state index is 10.5. The molecule has 0 aromatic rings. The van der Waals surface area contributed by atoms with Gasteiger partial charge in [-0.15, -0.1) is 38.7 Å². The number of carbonyl (C=O) groups excluding carboxylic acids is 2. The van der Waals surface area contributed by atoms with Crippen LogP contribution >= 0.6 is 0 Å². The molecule has 0 aliphatic heterocycles. The number of rotatable bonds is 16. The van der Waals surface area contributed by atoms with Crippen molar-refractivity contribution < 1.29 is 29.1 Å². The second-order valence-corrected chi connectivity index (χ2v) is 3.73. The van der Waals surface area contributed by atoms with Gasteiger partial charge in [0.15, 0.2) is 0 Å². The predicted molar refractivity (Wildman–Crippen MR) is 89.4 cm³/mol. The summed E-state index contributed by atoms with van der Waals surface area (Å²) in [5.41, 5.74) is 0. The molecule has 25 heavy (non-hydrogen) atoms. The Labute approximate surface area is 143 Å². The monoisotopic (exact) mass is 607 g/mol. The van der Waals surface area contributed by atoms with Gasteiger partial charge in [-0.2, -0.15) is 6.41 Å². The zero-order valence-electron chi connectivity index (χ0n) is 14.4. The van der Waals surface area contributed by atoms with Gasteiger partial charge >= 0.3 is 0 Å². The summed E-state index contributed by atoms with van der Waals surface area (Å²) in [6.07, 6.45) is 9.07. The van der Waals surface area contributed by atoms with E-state index in [0.29, 0.717) is 26.3 Å². The van der Waals surface area contributed by atoms with Crippen molar-refractivity contribution in [1.82, 2.24) is 9.80 Å². The topological polar surface area (TPSA) is 77.5 Å². The summed E-state index contributed by atoms with van der Waals surface area (Å²) in [7, 11) is 0. The Kier molecular flexibility index (Phi) is 24.5. The molecule has 0 atom stereocenters. The van der Waals surface area contributed by atoms with E-state index in [1.165, 1.54) is 17.3 Å². The minimum atomic E-state index is 0. The standard InChI is InChI=1S/C11H18NO5.C5H6NO.Rf/c1-3-7-14-16-9-5-12(11-13)6-10-17-15-8-4-2;1-3-6(4-2)5-7;/h3-4H,1-2,5-10H2;3-4H,1-2H2;/q2*-1;. The second kappa shape index (κ2) is 23.0. The van der Waals surface area contributed by atoms with Crippen LogP contribution in [-0.4, -0.2) is 62.1 Å². The molecular formula is C16H24N2O6Rf-2. The van der Waals surface area contributed by atoms with E-state index in [-0.39, 0.29) is 13.2 Å². The maximum Gasteiger partial charge on any atom is 0.148 e. The van der Waals surface area contributed by atoms with Gasteiger partial charge in [-0.3, -0.25) is 0 Å². The van der Waals surface area contributed by atoms with Gasteiger partial charge in [0, 0.05) is 13.1 Å². The number of hydrogen-bond acceptors (Lipinski definition) is 6. The summed E-state index contributed by atoms with van der Waals surface area (Å²) in [5, 5.41) is 0. The molecule has 0 aliphatic carbocycles. The first-order valence-electron chi connectivity index (χ1n) is 6.94. The molecule has 0 saturated carbocycles. The van der Waals surface area contributed by atoms with Crippen LogP contribution in [0.2, 0.25) is 0 Å². The Morgan fingerprint density at radius 3 is 1.44 bits per heavy atom. The van der Waals surface area contributed by atoms with Gasteiger partial charge in [-0.1, -0.05) is 12.2 Å². The first-order valence-corrected chi connectivity index (χ1v) is 6.94. The molecule has 0 saturated heterocycles. The third-order valence-electron chi connectivity index (χ3n) is 2.06. The first kappa shape index (κ1) is 26.6. The molecule has 138 valence electrons. The Morgan fingerprint density at radius 2 is 1.20 bits per heavy atom. The third kappa shape index (κ3) is 20.7. The summed E-state index contributed by atoms with van der Waals surface area (Å²) < 4.78 is 0. The number of hydrogen-bond donors (Lipinski definition) is 0. The molecule has 0 radical (unpaired) electrons. The molecule has 0 spiro atoms. The van der Waals surface area contributed by atoms with Crippen LogP contribution in [0, 0.1) is 0 Å². The van der Waals surface area contributed by atoms with Gasteiger partial charge < -0.3 is 19.4 Å². The number of nitrogens with zero attached hydrogens (tertiary/aromatic N) is 2. The molecule has 0 heterocycles. The van der Waals surface area contributed by atoms with Crippen LogP contribution in [-0.2, 0) is 29.1 Å². The Hall–Kier alpha value is -3.26. The average Bonchev–Trinajstić information content (AvgIpc) is 2.61. The fourth-order valence-electron chi connectivity index (χ4n) is 0.957. The molecule has 8 nitrogen and oxygen atoms in total. The predicted octanol–water partition coefficient (Wildman–Crippen LogP) is 1.27. The normalized spacial score (nSPS) is 8.64. The molecule has 2 amide bonds. The molecule has 9 heteroatoms. The molecule has 0 aliphatic rings. The Bertz CT molecular complexity index is 332. The van der Waals surface area contributed by atoms with E-state index < -0.39 is 0 Å². The van der Waals surface area contributed by atoms with Gasteiger partial charge in [-0.05, 0) is 0 Å². The summed E-state index contributed by atoms with van der Waals surface area (Å²) >= 11 is 0. The van der Waals surface area contributed by atoms with Gasteiger partial charge in [0.25, 0.3) is 0 Å². The van der Waals surface area contributed by atoms with Crippen molar-refractivity contribution in [2.45, 2.75) is 0 Å². The largest absolute Gasteiger partial charge is 0.520 e. The van der Waals surface area contributed by atoms with Crippen LogP contribution < -0.4 is 0 Å². The summed E-state index contributed by atoms with van der Waals surface area (Å²) in [6.45, 7) is 15.4. The Morgan fingerprint density at radius 1 is 0.760 bits per heavy atom. The van der Waals surface area contributed by atoms with Gasteiger partial charge in [0.05, 0.1) is 13.2 Å². The third-order valence-corrected chi connectivity index (χ3v) is 2.06. The van der Waals surface area contributed by atoms with Gasteiger partial charge in [0.1, 0.15) is 19.6 Å². The van der Waals surface area contributed by atoms with Crippen molar-refractivity contribution in [2.75, 3.05) is 39.5 Å². The van der Waals surface area contributed by atoms with E-state index in [1.54, 1.807) is 25.0 Å². The van der Waals surface area contributed by atoms with Crippen LogP contribution in [0.1, 0.15) is 0 Å². The van der Waals surface area contributed by atoms with Crippen LogP contribution in [0.4, 0.5) is 0 Å². The zero-order chi connectivity index (χ0) is 18.5. The van der Waals surface area contributed by atoms with Crippen molar-refractivity contribution in [3.63, 3.8) is 0 Å². The van der Waals surface area contributed by atoms with E-state index in [2.05, 4.69) is 26.3 Å². The van der Waals surface area contributed by atoms with Crippen LogP contribution in [0.3, 0.4) is 0 Å². The minimum absolute atomic E-state index is 0. The Balaban J connectivity index is -0.000000513. The molecule has 0 aromatic heterocycles. The maximum absolute atomic E-state index is 10.5. The van der Waals surface area contributed by atoms with Crippen molar-refractivity contribution in [2.24, 2.45) is 0 Å². The second-order valence-electron chi connectivity index (χ2n) is 3.73. The van der Waals surface area contributed by atoms with Crippen LogP contribution in [0.5, 0.6) is 0 Å². The molecule has 0 N–H and O–H groups in total. The fraction of sp³-hybridized carbons (Fsp3) is 0.375. The fourth-order valence-corrected chi connectivity index (χ4v) is 0.957. The minimum Gasteiger partial charge on any atom is -0.520 e. The van der Waals surface area contributed by atoms with Gasteiger partial charge in [0.2, 0.25) is 0 Å². The zero-order valence-corrected chi connectivity index (χ0v) is 20.8. The van der Waals surface area contributed by atoms with Crippen LogP contribution in [0.25, 0.3) is 0 Å². The van der Waals surface area contributed by atoms with E-state index in [1.807, 2.05) is 0 Å². The molecule has 0 unspecified atom stereocenters. The smallest absolute Gasteiger partial charge is 0.148 e. The summed E-state index contributed by atoms with van der Waals surface area (Å²) in [4.78, 5) is 41.5. The van der Waals surface area contributed by atoms with Crippen LogP contribution in [0.15, 0.2) is 50.9 Å². The van der Waals surface area contributed by atoms with E-state index >= 15 is 0 Å². The van der Waals surface area contributed by atoms with E-state index in [0.717, 1.165) is 4.90 Å². The van der Waals surface area contributed by atoms with Gasteiger partial charge in [-0.25, -0.2) is 19.6 Å². The molecule has 0 fully saturated rings. The van der Waals surface area contributed by atoms with Crippen molar-refractivity contribution in [3.05, 3.63) is 50.9 Å². The number of amides is 2. The first-order chi connectivity index (χ1) is 11.7. The molecule has 0 bridgehead atoms. The van der Waals surface area contributed by atoms with Crippen molar-refractivity contribution in [1.29, 1.82) is 0 Å². The van der Waals surface area contributed by atoms with E-state index in [9.17, 15) is 9.59 Å². The van der Waals surface area contributed by atoms with E-state index in [4.69, 9.17) is 19.6 Å². The van der Waals surface area contributed by atoms with Crippen molar-refractivity contribution in [3.8, 4) is 0 Å². The summed E-state index contributed by atoms with van der Waals surface area (Å²) in [5.74, 6) is 0. The molecule has 0 aromatic carbocycles. The quantitative estimate of drug-likeness (QED) is 0.0658. The molecule has 0 rings (SSSR count). The summed E-state index contributed by atoms with van der Waals surface area (Å²) in [6, 6.07) is 0. The molecular weight excluding hydrogens is 583 g/mol.